The van der Waals surface area contributed by atoms with Crippen molar-refractivity contribution in [1.29, 1.82) is 0 Å². The second-order valence-electron chi connectivity index (χ2n) is 1.85. The molecular formula is C9H13F5O3. The van der Waals surface area contributed by atoms with Gasteiger partial charge in [0.25, 0.3) is 12.2 Å². The maximum Gasteiger partial charge on any atom is 0.508 e. The van der Waals surface area contributed by atoms with E-state index in [1.807, 2.05) is 0 Å². The lowest BCUT2D eigenvalue weighted by atomic mass is 10.8. The summed E-state index contributed by atoms with van der Waals surface area (Å²) in [5.74, 6) is 0. The highest BCUT2D eigenvalue weighted by Crippen LogP contribution is 1.93. The van der Waals surface area contributed by atoms with Crippen molar-refractivity contribution in [3.05, 3.63) is 25.1 Å². The molecule has 3 nitrogen and oxygen atoms in total. The van der Waals surface area contributed by atoms with E-state index in [1.54, 1.807) is 13.8 Å². The number of ether oxygens (including phenoxy) is 2. The van der Waals surface area contributed by atoms with Crippen LogP contribution in [0.4, 0.5) is 26.7 Å². The quantitative estimate of drug-likeness (QED) is 0.552. The zero-order valence-corrected chi connectivity index (χ0v) is 9.31. The Balaban J connectivity index is -0.000000188. The van der Waals surface area contributed by atoms with E-state index in [0.29, 0.717) is 13.2 Å². The van der Waals surface area contributed by atoms with Crippen LogP contribution in [0.5, 0.6) is 0 Å². The number of halogens is 5. The van der Waals surface area contributed by atoms with E-state index >= 15 is 0 Å². The van der Waals surface area contributed by atoms with Crippen LogP contribution in [0.3, 0.4) is 0 Å². The van der Waals surface area contributed by atoms with Gasteiger partial charge in [-0.3, -0.25) is 0 Å². The molecule has 0 fully saturated rings. The van der Waals surface area contributed by atoms with Crippen molar-refractivity contribution in [2.24, 2.45) is 0 Å². The van der Waals surface area contributed by atoms with Gasteiger partial charge in [-0.15, -0.1) is 0 Å². The molecule has 0 aromatic carbocycles. The number of hydrogen-bond acceptors (Lipinski definition) is 3. The first kappa shape index (κ1) is 20.8. The molecule has 0 saturated heterocycles. The summed E-state index contributed by atoms with van der Waals surface area (Å²) in [5.41, 5.74) is 0. The fraction of sp³-hybridized carbons (Fsp3) is 0.444. The maximum atomic E-state index is 10.2. The third-order valence-corrected chi connectivity index (χ3v) is 0.607. The van der Waals surface area contributed by atoms with Gasteiger partial charge in [-0.2, -0.15) is 17.6 Å². The molecule has 0 aliphatic carbocycles. The van der Waals surface area contributed by atoms with Crippen LogP contribution in [0.15, 0.2) is 25.1 Å². The summed E-state index contributed by atoms with van der Waals surface area (Å²) in [4.78, 5) is 10.2. The fourth-order valence-electron chi connectivity index (χ4n) is 0.277. The first-order valence-electron chi connectivity index (χ1n) is 4.22. The molecule has 0 heterocycles. The Bertz CT molecular complexity index is 215. The van der Waals surface area contributed by atoms with Crippen LogP contribution in [-0.2, 0) is 9.47 Å². The van der Waals surface area contributed by atoms with E-state index in [-0.39, 0.29) is 0 Å². The van der Waals surface area contributed by atoms with E-state index in [4.69, 9.17) is 0 Å². The van der Waals surface area contributed by atoms with Crippen molar-refractivity contribution < 1.29 is 36.2 Å². The number of rotatable bonds is 2. The molecule has 0 N–H and O–H groups in total. The van der Waals surface area contributed by atoms with E-state index in [9.17, 15) is 26.7 Å². The molecular weight excluding hydrogens is 251 g/mol. The Morgan fingerprint density at radius 1 is 1.12 bits per heavy atom. The summed E-state index contributed by atoms with van der Waals surface area (Å²) in [6.45, 7) is 6.44. The first-order valence-corrected chi connectivity index (χ1v) is 4.22. The van der Waals surface area contributed by atoms with Crippen LogP contribution >= 0.6 is 0 Å². The summed E-state index contributed by atoms with van der Waals surface area (Å²) >= 11 is 0. The average molecular weight is 264 g/mol. The molecule has 0 bridgehead atoms. The largest absolute Gasteiger partial charge is 0.508 e. The fourth-order valence-corrected chi connectivity index (χ4v) is 0.277. The van der Waals surface area contributed by atoms with Gasteiger partial charge in [-0.1, -0.05) is 0 Å². The summed E-state index contributed by atoms with van der Waals surface area (Å²) in [6, 6.07) is 0. The van der Waals surface area contributed by atoms with Crippen molar-refractivity contribution in [3.63, 3.8) is 0 Å². The smallest absolute Gasteiger partial charge is 0.435 e. The normalized spacial score (nSPS) is 7.47. The van der Waals surface area contributed by atoms with Crippen molar-refractivity contribution in [3.8, 4) is 0 Å². The molecule has 0 aromatic heterocycles. The second kappa shape index (κ2) is 16.8. The van der Waals surface area contributed by atoms with Crippen LogP contribution in [0.25, 0.3) is 0 Å². The third kappa shape index (κ3) is 54.1. The molecule has 0 atom stereocenters. The van der Waals surface area contributed by atoms with Crippen molar-refractivity contribution in [2.75, 3.05) is 13.2 Å². The minimum Gasteiger partial charge on any atom is -0.435 e. The van der Waals surface area contributed by atoms with E-state index in [2.05, 4.69) is 16.1 Å². The van der Waals surface area contributed by atoms with Crippen LogP contribution in [0, 0.1) is 0 Å². The third-order valence-electron chi connectivity index (χ3n) is 0.607. The number of carbonyl (C=O) groups excluding carboxylic acids is 1. The van der Waals surface area contributed by atoms with Crippen LogP contribution in [-0.4, -0.2) is 19.4 Å². The minimum atomic E-state index is -2.29. The minimum absolute atomic E-state index is 0.374. The highest BCUT2D eigenvalue weighted by Gasteiger charge is 1.96. The van der Waals surface area contributed by atoms with Crippen LogP contribution in [0.2, 0.25) is 0 Å². The number of hydrogen-bond donors (Lipinski definition) is 0. The molecule has 0 saturated carbocycles. The molecule has 0 aliphatic rings. The van der Waals surface area contributed by atoms with Gasteiger partial charge in [0.15, 0.2) is 6.33 Å². The Labute approximate surface area is 95.5 Å². The van der Waals surface area contributed by atoms with Gasteiger partial charge in [0.1, 0.15) is 0 Å². The summed E-state index contributed by atoms with van der Waals surface area (Å²) in [7, 11) is 0. The molecule has 0 amide bonds. The van der Waals surface area contributed by atoms with Gasteiger partial charge in [-0.25, -0.2) is 9.18 Å². The second-order valence-corrected chi connectivity index (χ2v) is 1.85. The molecule has 0 unspecified atom stereocenters. The molecule has 17 heavy (non-hydrogen) atoms. The molecule has 102 valence electrons. The monoisotopic (exact) mass is 264 g/mol. The van der Waals surface area contributed by atoms with Crippen molar-refractivity contribution in [2.45, 2.75) is 13.8 Å². The van der Waals surface area contributed by atoms with Crippen LogP contribution < -0.4 is 0 Å². The highest BCUT2D eigenvalue weighted by atomic mass is 19.3. The van der Waals surface area contributed by atoms with E-state index in [1.165, 1.54) is 0 Å². The van der Waals surface area contributed by atoms with Gasteiger partial charge >= 0.3 is 6.16 Å². The first-order chi connectivity index (χ1) is 7.81. The van der Waals surface area contributed by atoms with E-state index < -0.39 is 24.6 Å². The van der Waals surface area contributed by atoms with Gasteiger partial charge in [0.2, 0.25) is 0 Å². The van der Waals surface area contributed by atoms with Crippen molar-refractivity contribution >= 4 is 6.16 Å². The zero-order chi connectivity index (χ0) is 14.3. The highest BCUT2D eigenvalue weighted by molar-refractivity contribution is 5.59. The lowest BCUT2D eigenvalue weighted by molar-refractivity contribution is 0.0630. The van der Waals surface area contributed by atoms with Gasteiger partial charge in [0, 0.05) is 0 Å². The number of carbonyl (C=O) groups is 1. The Morgan fingerprint density at radius 3 is 1.47 bits per heavy atom. The predicted octanol–water partition coefficient (Wildman–Crippen LogP) is 4.27. The SMILES string of the molecule is C=C(F)F.CCOC(=O)OCC.FC=C(F)F. The molecule has 0 rings (SSSR count). The molecule has 0 radical (unpaired) electrons. The van der Waals surface area contributed by atoms with Gasteiger partial charge in [0.05, 0.1) is 13.2 Å². The molecule has 8 heteroatoms. The predicted molar refractivity (Wildman–Crippen MR) is 51.4 cm³/mol. The topological polar surface area (TPSA) is 35.5 Å². The standard InChI is InChI=1S/C5H10O3.C2HF3.C2H2F2/c1-3-7-5(6)8-4-2;3-1-2(4)5;1-2(3)4/h3-4H2,1-2H3;1H;1H2. The molecule has 0 aliphatic heterocycles. The summed E-state index contributed by atoms with van der Waals surface area (Å²) < 4.78 is 59.8. The molecule has 0 spiro atoms. The molecule has 0 aromatic rings. The summed E-state index contributed by atoms with van der Waals surface area (Å²) in [6.07, 6.45) is -5.46. The Morgan fingerprint density at radius 2 is 1.35 bits per heavy atom. The summed E-state index contributed by atoms with van der Waals surface area (Å²) in [5, 5.41) is 0. The lowest BCUT2D eigenvalue weighted by Gasteiger charge is -1.98. The lowest BCUT2D eigenvalue weighted by Crippen LogP contribution is -2.05. The average Bonchev–Trinajstić information content (AvgIpc) is 2.18. The van der Waals surface area contributed by atoms with Crippen molar-refractivity contribution in [1.82, 2.24) is 0 Å². The Hall–Kier alpha value is -1.60. The Kier molecular flexibility index (Phi) is 20.5. The van der Waals surface area contributed by atoms with Gasteiger partial charge < -0.3 is 9.47 Å². The van der Waals surface area contributed by atoms with Crippen LogP contribution in [0.1, 0.15) is 13.8 Å². The van der Waals surface area contributed by atoms with E-state index in [0.717, 1.165) is 0 Å². The van der Waals surface area contributed by atoms with Gasteiger partial charge in [-0.05, 0) is 20.4 Å². The zero-order valence-electron chi connectivity index (χ0n) is 9.31. The maximum absolute atomic E-state index is 10.2.